The molecule has 112 valence electrons. The van der Waals surface area contributed by atoms with Crippen molar-refractivity contribution in [3.63, 3.8) is 0 Å². The number of hydrogen-bond acceptors (Lipinski definition) is 4. The van der Waals surface area contributed by atoms with Gasteiger partial charge in [0.25, 0.3) is 5.91 Å². The first-order valence-corrected chi connectivity index (χ1v) is 8.73. The van der Waals surface area contributed by atoms with Crippen LogP contribution in [0.5, 0.6) is 0 Å². The summed E-state index contributed by atoms with van der Waals surface area (Å²) in [5, 5.41) is 9.32. The highest BCUT2D eigenvalue weighted by Gasteiger charge is 2.16. The molecule has 0 bridgehead atoms. The summed E-state index contributed by atoms with van der Waals surface area (Å²) in [4.78, 5) is 12.2. The Labute approximate surface area is 127 Å². The number of rotatable bonds is 4. The molecular weight excluding hydrogens is 308 g/mol. The molecule has 1 amide bonds. The number of nitrogens with one attached hydrogen (secondary N) is 1. The molecule has 0 spiro atoms. The van der Waals surface area contributed by atoms with Crippen molar-refractivity contribution in [2.45, 2.75) is 24.0 Å². The van der Waals surface area contributed by atoms with Crippen LogP contribution in [0.3, 0.4) is 0 Å². The van der Waals surface area contributed by atoms with Gasteiger partial charge in [-0.05, 0) is 23.6 Å². The number of hydrogen-bond donors (Lipinski definition) is 2. The molecule has 0 radical (unpaired) electrons. The molecule has 7 heteroatoms. The first-order valence-electron chi connectivity index (χ1n) is 6.30. The number of para-hydroxylation sites is 1. The summed E-state index contributed by atoms with van der Waals surface area (Å²) in [5.74, 6) is -0.0850. The van der Waals surface area contributed by atoms with Crippen molar-refractivity contribution in [1.29, 1.82) is 0 Å². The lowest BCUT2D eigenvalue weighted by atomic mass is 10.0. The number of anilines is 1. The van der Waals surface area contributed by atoms with Crippen LogP contribution in [-0.4, -0.2) is 14.3 Å². The van der Waals surface area contributed by atoms with E-state index in [2.05, 4.69) is 5.32 Å². The second-order valence-corrected chi connectivity index (χ2v) is 7.59. The minimum Gasteiger partial charge on any atom is -0.322 e. The van der Waals surface area contributed by atoms with Crippen LogP contribution in [-0.2, 0) is 10.0 Å². The van der Waals surface area contributed by atoms with Crippen molar-refractivity contribution in [3.05, 3.63) is 46.8 Å². The van der Waals surface area contributed by atoms with E-state index >= 15 is 0 Å². The molecule has 3 N–H and O–H groups in total. The average molecular weight is 324 g/mol. The van der Waals surface area contributed by atoms with Gasteiger partial charge in [-0.2, -0.15) is 0 Å². The summed E-state index contributed by atoms with van der Waals surface area (Å²) in [6, 6.07) is 8.80. The third-order valence-electron chi connectivity index (χ3n) is 2.95. The van der Waals surface area contributed by atoms with Crippen LogP contribution in [0.4, 0.5) is 5.69 Å². The normalized spacial score (nSPS) is 11.6. The van der Waals surface area contributed by atoms with Crippen LogP contribution in [0.2, 0.25) is 0 Å². The Balaban J connectivity index is 2.25. The molecule has 0 aliphatic heterocycles. The van der Waals surface area contributed by atoms with Gasteiger partial charge >= 0.3 is 0 Å². The quantitative estimate of drug-likeness (QED) is 0.906. The second-order valence-electron chi connectivity index (χ2n) is 4.90. The van der Waals surface area contributed by atoms with Gasteiger partial charge in [-0.1, -0.05) is 32.0 Å². The van der Waals surface area contributed by atoms with E-state index in [0.29, 0.717) is 0 Å². The molecule has 5 nitrogen and oxygen atoms in total. The zero-order chi connectivity index (χ0) is 15.6. The number of amides is 1. The molecule has 0 saturated carbocycles. The van der Waals surface area contributed by atoms with E-state index in [1.807, 2.05) is 38.1 Å². The number of thiophene rings is 1. The van der Waals surface area contributed by atoms with Crippen LogP contribution in [0.1, 0.15) is 35.7 Å². The topological polar surface area (TPSA) is 89.3 Å². The van der Waals surface area contributed by atoms with Gasteiger partial charge in [-0.15, -0.1) is 11.3 Å². The van der Waals surface area contributed by atoms with Gasteiger partial charge < -0.3 is 5.32 Å². The van der Waals surface area contributed by atoms with Crippen LogP contribution >= 0.6 is 11.3 Å². The van der Waals surface area contributed by atoms with Gasteiger partial charge in [0.1, 0.15) is 4.21 Å². The van der Waals surface area contributed by atoms with E-state index in [0.717, 1.165) is 22.6 Å². The fraction of sp³-hybridized carbons (Fsp3) is 0.214. The summed E-state index contributed by atoms with van der Waals surface area (Å²) >= 11 is 0.932. The number of primary sulfonamides is 1. The highest BCUT2D eigenvalue weighted by Crippen LogP contribution is 2.25. The number of carbonyl (C=O) groups excluding carboxylic acids is 1. The number of nitrogens with two attached hydrogens (primary N) is 1. The Kier molecular flexibility index (Phi) is 4.46. The molecule has 0 fully saturated rings. The van der Waals surface area contributed by atoms with Crippen molar-refractivity contribution >= 4 is 33.0 Å². The number of carbonyl (C=O) groups is 1. The Morgan fingerprint density at radius 2 is 1.95 bits per heavy atom. The Bertz CT molecular complexity index is 764. The van der Waals surface area contributed by atoms with E-state index in [9.17, 15) is 13.2 Å². The Morgan fingerprint density at radius 1 is 1.29 bits per heavy atom. The van der Waals surface area contributed by atoms with Crippen LogP contribution in [0.15, 0.2) is 39.9 Å². The molecule has 1 aromatic heterocycles. The lowest BCUT2D eigenvalue weighted by Gasteiger charge is -2.13. The monoisotopic (exact) mass is 324 g/mol. The van der Waals surface area contributed by atoms with Gasteiger partial charge in [-0.25, -0.2) is 13.6 Å². The third-order valence-corrected chi connectivity index (χ3v) is 5.34. The molecule has 21 heavy (non-hydrogen) atoms. The summed E-state index contributed by atoms with van der Waals surface area (Å²) in [6.45, 7) is 4.07. The molecule has 1 heterocycles. The molecule has 0 aliphatic rings. The van der Waals surface area contributed by atoms with Crippen molar-refractivity contribution in [1.82, 2.24) is 0 Å². The first kappa shape index (κ1) is 15.7. The Hall–Kier alpha value is -1.70. The fourth-order valence-electron chi connectivity index (χ4n) is 1.89. The molecule has 1 aromatic carbocycles. The van der Waals surface area contributed by atoms with Crippen LogP contribution in [0.25, 0.3) is 0 Å². The van der Waals surface area contributed by atoms with E-state index in [4.69, 9.17) is 5.14 Å². The van der Waals surface area contributed by atoms with Crippen molar-refractivity contribution in [3.8, 4) is 0 Å². The maximum absolute atomic E-state index is 12.2. The lowest BCUT2D eigenvalue weighted by molar-refractivity contribution is 0.102. The average Bonchev–Trinajstić information content (AvgIpc) is 2.88. The van der Waals surface area contributed by atoms with Gasteiger partial charge in [0, 0.05) is 11.1 Å². The van der Waals surface area contributed by atoms with Gasteiger partial charge in [0.15, 0.2) is 0 Å². The van der Waals surface area contributed by atoms with Crippen LogP contribution < -0.4 is 10.5 Å². The summed E-state index contributed by atoms with van der Waals surface area (Å²) in [5.41, 5.74) is 2.02. The van der Waals surface area contributed by atoms with Gasteiger partial charge in [-0.3, -0.25) is 4.79 Å². The smallest absolute Gasteiger partial charge is 0.256 e. The van der Waals surface area contributed by atoms with E-state index in [1.165, 1.54) is 11.4 Å². The van der Waals surface area contributed by atoms with Crippen LogP contribution in [0, 0.1) is 0 Å². The van der Waals surface area contributed by atoms with Gasteiger partial charge in [0.05, 0.1) is 5.56 Å². The minimum absolute atomic E-state index is 0.0233. The zero-order valence-electron chi connectivity index (χ0n) is 11.7. The molecular formula is C14H16N2O3S2. The summed E-state index contributed by atoms with van der Waals surface area (Å²) in [7, 11) is -3.77. The van der Waals surface area contributed by atoms with Crippen molar-refractivity contribution < 1.29 is 13.2 Å². The minimum atomic E-state index is -3.77. The number of sulfonamides is 1. The van der Waals surface area contributed by atoms with Crippen molar-refractivity contribution in [2.75, 3.05) is 5.32 Å². The Morgan fingerprint density at radius 3 is 2.52 bits per heavy atom. The predicted molar refractivity (Wildman–Crippen MR) is 84.2 cm³/mol. The standard InChI is InChI=1S/C14H16N2O3S2/c1-9(2)11-5-3-4-6-12(11)16-14(17)10-7-13(20-8-10)21(15,18)19/h3-9H,1-2H3,(H,16,17)(H2,15,18,19). The SMILES string of the molecule is CC(C)c1ccccc1NC(=O)c1csc(S(N)(=O)=O)c1. The molecule has 0 aliphatic carbocycles. The molecule has 0 saturated heterocycles. The van der Waals surface area contributed by atoms with E-state index in [-0.39, 0.29) is 21.6 Å². The number of benzene rings is 1. The first-order chi connectivity index (χ1) is 9.79. The maximum atomic E-state index is 12.2. The van der Waals surface area contributed by atoms with Crippen molar-refractivity contribution in [2.24, 2.45) is 5.14 Å². The predicted octanol–water partition coefficient (Wildman–Crippen LogP) is 2.77. The molecule has 0 atom stereocenters. The largest absolute Gasteiger partial charge is 0.322 e. The lowest BCUT2D eigenvalue weighted by Crippen LogP contribution is -2.13. The fourth-order valence-corrected chi connectivity index (χ4v) is 3.48. The van der Waals surface area contributed by atoms with Gasteiger partial charge in [0.2, 0.25) is 10.0 Å². The summed E-state index contributed by atoms with van der Waals surface area (Å²) in [6.07, 6.45) is 0. The molecule has 2 aromatic rings. The third kappa shape index (κ3) is 3.69. The summed E-state index contributed by atoms with van der Waals surface area (Å²) < 4.78 is 22.4. The molecule has 2 rings (SSSR count). The maximum Gasteiger partial charge on any atom is 0.256 e. The molecule has 0 unspecified atom stereocenters. The highest BCUT2D eigenvalue weighted by atomic mass is 32.2. The second kappa shape index (κ2) is 5.97. The zero-order valence-corrected chi connectivity index (χ0v) is 13.3. The van der Waals surface area contributed by atoms with E-state index in [1.54, 1.807) is 0 Å². The highest BCUT2D eigenvalue weighted by molar-refractivity contribution is 7.91. The van der Waals surface area contributed by atoms with E-state index < -0.39 is 10.0 Å².